The summed E-state index contributed by atoms with van der Waals surface area (Å²) in [7, 11) is 1.47. The first kappa shape index (κ1) is 8.05. The first-order chi connectivity index (χ1) is 5.16. The van der Waals surface area contributed by atoms with Crippen molar-refractivity contribution >= 4 is 0 Å². The third-order valence-corrected chi connectivity index (χ3v) is 1.84. The summed E-state index contributed by atoms with van der Waals surface area (Å²) in [5.41, 5.74) is 1.60. The molecule has 1 aromatic rings. The molecule has 1 aromatic carbocycles. The van der Waals surface area contributed by atoms with Gasteiger partial charge in [-0.25, -0.2) is 4.39 Å². The summed E-state index contributed by atoms with van der Waals surface area (Å²) in [4.78, 5) is 0. The molecule has 0 aliphatic rings. The zero-order valence-electron chi connectivity index (χ0n) is 6.94. The van der Waals surface area contributed by atoms with Crippen LogP contribution >= 0.6 is 0 Å². The van der Waals surface area contributed by atoms with E-state index in [0.29, 0.717) is 11.3 Å². The van der Waals surface area contributed by atoms with Crippen molar-refractivity contribution in [2.75, 3.05) is 7.11 Å². The van der Waals surface area contributed by atoms with Crippen LogP contribution in [0.5, 0.6) is 5.75 Å². The maximum absolute atomic E-state index is 13.1. The molecule has 1 nitrogen and oxygen atoms in total. The second-order valence-corrected chi connectivity index (χ2v) is 2.52. The van der Waals surface area contributed by atoms with E-state index in [-0.39, 0.29) is 5.82 Å². The number of ether oxygens (including phenoxy) is 1. The Morgan fingerprint density at radius 3 is 2.45 bits per heavy atom. The highest BCUT2D eigenvalue weighted by atomic mass is 19.1. The van der Waals surface area contributed by atoms with Crippen LogP contribution in [0.4, 0.5) is 4.39 Å². The molecule has 60 valence electrons. The lowest BCUT2D eigenvalue weighted by atomic mass is 10.1. The average Bonchev–Trinajstić information content (AvgIpc) is 2.01. The summed E-state index contributed by atoms with van der Waals surface area (Å²) in [6.07, 6.45) is 0. The molecule has 1 rings (SSSR count). The molecule has 0 radical (unpaired) electrons. The minimum absolute atomic E-state index is 0.257. The number of aryl methyl sites for hydroxylation is 1. The van der Waals surface area contributed by atoms with E-state index in [0.717, 1.165) is 5.56 Å². The van der Waals surface area contributed by atoms with Crippen LogP contribution in [0.25, 0.3) is 0 Å². The van der Waals surface area contributed by atoms with Crippen molar-refractivity contribution in [2.45, 2.75) is 13.8 Å². The molecule has 0 aliphatic heterocycles. The molecular formula is C9H11FO. The van der Waals surface area contributed by atoms with Gasteiger partial charge in [-0.1, -0.05) is 6.07 Å². The van der Waals surface area contributed by atoms with Crippen molar-refractivity contribution in [1.29, 1.82) is 0 Å². The Morgan fingerprint density at radius 2 is 1.91 bits per heavy atom. The van der Waals surface area contributed by atoms with E-state index in [2.05, 4.69) is 0 Å². The molecule has 0 spiro atoms. The predicted molar refractivity (Wildman–Crippen MR) is 42.4 cm³/mol. The largest absolute Gasteiger partial charge is 0.494 e. The monoisotopic (exact) mass is 154 g/mol. The Kier molecular flexibility index (Phi) is 2.13. The third kappa shape index (κ3) is 1.34. The van der Waals surface area contributed by atoms with E-state index in [1.807, 2.05) is 13.0 Å². The first-order valence-corrected chi connectivity index (χ1v) is 3.46. The SMILES string of the molecule is COc1ccc(C)c(C)c1F. The number of rotatable bonds is 1. The minimum atomic E-state index is -0.257. The van der Waals surface area contributed by atoms with Crippen LogP contribution in [-0.4, -0.2) is 7.11 Å². The topological polar surface area (TPSA) is 9.23 Å². The van der Waals surface area contributed by atoms with Gasteiger partial charge >= 0.3 is 0 Å². The van der Waals surface area contributed by atoms with Gasteiger partial charge in [-0.05, 0) is 31.0 Å². The van der Waals surface area contributed by atoms with E-state index < -0.39 is 0 Å². The Labute approximate surface area is 65.8 Å². The summed E-state index contributed by atoms with van der Waals surface area (Å²) in [6, 6.07) is 3.48. The molecule has 11 heavy (non-hydrogen) atoms. The molecular weight excluding hydrogens is 143 g/mol. The standard InChI is InChI=1S/C9H11FO/c1-6-4-5-8(11-3)9(10)7(6)2/h4-5H,1-3H3. The Morgan fingerprint density at radius 1 is 1.27 bits per heavy atom. The minimum Gasteiger partial charge on any atom is -0.494 e. The van der Waals surface area contributed by atoms with Gasteiger partial charge in [-0.2, -0.15) is 0 Å². The van der Waals surface area contributed by atoms with E-state index in [1.54, 1.807) is 13.0 Å². The summed E-state index contributed by atoms with van der Waals surface area (Å²) in [5.74, 6) is 0.0561. The van der Waals surface area contributed by atoms with Crippen molar-refractivity contribution < 1.29 is 9.13 Å². The van der Waals surface area contributed by atoms with Crippen molar-refractivity contribution in [1.82, 2.24) is 0 Å². The summed E-state index contributed by atoms with van der Waals surface area (Å²) in [6.45, 7) is 3.62. The van der Waals surface area contributed by atoms with E-state index in [4.69, 9.17) is 4.74 Å². The molecule has 0 bridgehead atoms. The summed E-state index contributed by atoms with van der Waals surface area (Å²) in [5, 5.41) is 0. The quantitative estimate of drug-likeness (QED) is 0.603. The van der Waals surface area contributed by atoms with E-state index in [1.165, 1.54) is 7.11 Å². The van der Waals surface area contributed by atoms with Crippen LogP contribution in [0.15, 0.2) is 12.1 Å². The van der Waals surface area contributed by atoms with Gasteiger partial charge in [0.1, 0.15) is 0 Å². The molecule has 0 unspecified atom stereocenters. The van der Waals surface area contributed by atoms with Crippen LogP contribution in [-0.2, 0) is 0 Å². The smallest absolute Gasteiger partial charge is 0.168 e. The molecule has 0 amide bonds. The number of hydrogen-bond donors (Lipinski definition) is 0. The predicted octanol–water partition coefficient (Wildman–Crippen LogP) is 2.45. The highest BCUT2D eigenvalue weighted by Crippen LogP contribution is 2.21. The molecule has 0 saturated carbocycles. The van der Waals surface area contributed by atoms with Crippen LogP contribution in [0.2, 0.25) is 0 Å². The molecule has 0 aliphatic carbocycles. The van der Waals surface area contributed by atoms with Crippen LogP contribution in [0.1, 0.15) is 11.1 Å². The van der Waals surface area contributed by atoms with Gasteiger partial charge in [0.25, 0.3) is 0 Å². The van der Waals surface area contributed by atoms with Crippen LogP contribution in [0, 0.1) is 19.7 Å². The maximum atomic E-state index is 13.1. The van der Waals surface area contributed by atoms with E-state index >= 15 is 0 Å². The van der Waals surface area contributed by atoms with E-state index in [9.17, 15) is 4.39 Å². The summed E-state index contributed by atoms with van der Waals surface area (Å²) < 4.78 is 17.9. The lowest BCUT2D eigenvalue weighted by Gasteiger charge is -2.05. The second-order valence-electron chi connectivity index (χ2n) is 2.52. The average molecular weight is 154 g/mol. The van der Waals surface area contributed by atoms with Gasteiger partial charge in [0.15, 0.2) is 11.6 Å². The molecule has 0 fully saturated rings. The van der Waals surface area contributed by atoms with Crippen molar-refractivity contribution in [3.63, 3.8) is 0 Å². The fourth-order valence-electron chi connectivity index (χ4n) is 0.914. The lowest BCUT2D eigenvalue weighted by molar-refractivity contribution is 0.385. The number of hydrogen-bond acceptors (Lipinski definition) is 1. The number of methoxy groups -OCH3 is 1. The van der Waals surface area contributed by atoms with Gasteiger partial charge in [-0.3, -0.25) is 0 Å². The van der Waals surface area contributed by atoms with Gasteiger partial charge in [-0.15, -0.1) is 0 Å². The van der Waals surface area contributed by atoms with Crippen molar-refractivity contribution in [3.8, 4) is 5.75 Å². The highest BCUT2D eigenvalue weighted by molar-refractivity contribution is 5.35. The normalized spacial score (nSPS) is 9.82. The maximum Gasteiger partial charge on any atom is 0.168 e. The van der Waals surface area contributed by atoms with Gasteiger partial charge in [0, 0.05) is 0 Å². The van der Waals surface area contributed by atoms with Gasteiger partial charge in [0.2, 0.25) is 0 Å². The Hall–Kier alpha value is -1.05. The van der Waals surface area contributed by atoms with Gasteiger partial charge < -0.3 is 4.74 Å². The molecule has 0 saturated heterocycles. The second kappa shape index (κ2) is 2.91. The first-order valence-electron chi connectivity index (χ1n) is 3.46. The molecule has 2 heteroatoms. The van der Waals surface area contributed by atoms with Crippen molar-refractivity contribution in [2.24, 2.45) is 0 Å². The molecule has 0 N–H and O–H groups in total. The zero-order valence-corrected chi connectivity index (χ0v) is 6.94. The Balaban J connectivity index is 3.25. The van der Waals surface area contributed by atoms with Gasteiger partial charge in [0.05, 0.1) is 7.11 Å². The molecule has 0 aromatic heterocycles. The fraction of sp³-hybridized carbons (Fsp3) is 0.333. The fourth-order valence-corrected chi connectivity index (χ4v) is 0.914. The van der Waals surface area contributed by atoms with Crippen LogP contribution < -0.4 is 4.74 Å². The molecule has 0 atom stereocenters. The summed E-state index contributed by atoms with van der Waals surface area (Å²) >= 11 is 0. The lowest BCUT2D eigenvalue weighted by Crippen LogP contribution is -1.92. The van der Waals surface area contributed by atoms with Crippen molar-refractivity contribution in [3.05, 3.63) is 29.1 Å². The number of benzene rings is 1. The highest BCUT2D eigenvalue weighted by Gasteiger charge is 2.06. The molecule has 0 heterocycles. The zero-order chi connectivity index (χ0) is 8.43. The third-order valence-electron chi connectivity index (χ3n) is 1.84. The number of halogens is 1. The Bertz CT molecular complexity index is 269. The van der Waals surface area contributed by atoms with Crippen LogP contribution in [0.3, 0.4) is 0 Å².